The maximum atomic E-state index is 13.1. The van der Waals surface area contributed by atoms with Gasteiger partial charge < -0.3 is 35.7 Å². The molecule has 2 aromatic carbocycles. The second kappa shape index (κ2) is 18.0. The number of aliphatic hydroxyl groups excluding tert-OH is 1. The maximum absolute atomic E-state index is 13.1. The minimum atomic E-state index is -2.34. The number of terminal acetylenes is 1. The molecule has 0 spiro atoms. The highest BCUT2D eigenvalue weighted by Gasteiger charge is 2.32. The van der Waals surface area contributed by atoms with Gasteiger partial charge in [-0.25, -0.2) is 9.78 Å². The number of Topliss-reactive ketones (excluding diaryl/α,β-unsaturated/α-hetero) is 1. The molecule has 0 saturated carbocycles. The second-order valence-electron chi connectivity index (χ2n) is 14.2. The van der Waals surface area contributed by atoms with Gasteiger partial charge in [0, 0.05) is 43.7 Å². The predicted molar refractivity (Wildman–Crippen MR) is 198 cm³/mol. The molecule has 0 fully saturated rings. The van der Waals surface area contributed by atoms with Crippen LogP contribution in [0, 0.1) is 18.3 Å². The average Bonchev–Trinajstić information content (AvgIpc) is 3.51. The van der Waals surface area contributed by atoms with Crippen LogP contribution in [-0.4, -0.2) is 80.5 Å². The summed E-state index contributed by atoms with van der Waals surface area (Å²) in [6, 6.07) is 9.41. The number of nitrogens with zero attached hydrogens (tertiary/aromatic N) is 1. The molecule has 15 heteroatoms. The van der Waals surface area contributed by atoms with Gasteiger partial charge in [-0.3, -0.25) is 24.0 Å². The minimum absolute atomic E-state index is 0.0141. The number of carbonyl (C=O) groups is 5. The molecule has 1 unspecified atom stereocenters. The molecular formula is C38H46N4O10Si. The van der Waals surface area contributed by atoms with Crippen molar-refractivity contribution in [2.75, 3.05) is 6.54 Å². The summed E-state index contributed by atoms with van der Waals surface area (Å²) in [6.45, 7) is 3.36. The SMILES string of the molecule is C#CCC(c1ccc(C(=O)N[C@@H](CCC(=O)C[C@H](CCC(=O)NCC[Si](C)(C)O)C(=O)O)C(=O)O)cc1)[C@H]1CCc2cc3nc(CO)[nH]c(=O)c3cc21. The number of amides is 2. The third-order valence-corrected chi connectivity index (χ3v) is 11.1. The first-order valence-corrected chi connectivity index (χ1v) is 20.7. The lowest BCUT2D eigenvalue weighted by atomic mass is 9.80. The number of aryl methyl sites for hydroxylation is 1. The molecule has 2 amide bonds. The van der Waals surface area contributed by atoms with E-state index in [0.29, 0.717) is 23.4 Å². The Labute approximate surface area is 307 Å². The molecule has 1 aliphatic rings. The van der Waals surface area contributed by atoms with Crippen LogP contribution in [0.2, 0.25) is 19.1 Å². The molecule has 1 heterocycles. The van der Waals surface area contributed by atoms with E-state index in [9.17, 15) is 48.9 Å². The summed E-state index contributed by atoms with van der Waals surface area (Å²) in [5.41, 5.74) is 3.25. The van der Waals surface area contributed by atoms with E-state index in [-0.39, 0.29) is 79.9 Å². The van der Waals surface area contributed by atoms with Gasteiger partial charge in [-0.05, 0) is 91.7 Å². The number of H-pyrrole nitrogens is 1. The van der Waals surface area contributed by atoms with Crippen molar-refractivity contribution in [3.8, 4) is 12.3 Å². The highest BCUT2D eigenvalue weighted by molar-refractivity contribution is 6.69. The molecule has 4 atom stereocenters. The van der Waals surface area contributed by atoms with Crippen LogP contribution in [0.4, 0.5) is 0 Å². The van der Waals surface area contributed by atoms with Crippen LogP contribution < -0.4 is 16.2 Å². The molecule has 0 bridgehead atoms. The van der Waals surface area contributed by atoms with E-state index in [2.05, 4.69) is 26.5 Å². The van der Waals surface area contributed by atoms with Gasteiger partial charge in [0.15, 0.2) is 8.32 Å². The third kappa shape index (κ3) is 11.2. The van der Waals surface area contributed by atoms with E-state index in [1.165, 1.54) is 0 Å². The highest BCUT2D eigenvalue weighted by atomic mass is 28.4. The minimum Gasteiger partial charge on any atom is -0.481 e. The van der Waals surface area contributed by atoms with Crippen molar-refractivity contribution in [2.45, 2.75) is 95.0 Å². The number of carboxylic acid groups (broad SMARTS) is 2. The number of benzene rings is 2. The molecule has 282 valence electrons. The Balaban J connectivity index is 1.36. The van der Waals surface area contributed by atoms with Crippen LogP contribution in [0.3, 0.4) is 0 Å². The van der Waals surface area contributed by atoms with Crippen LogP contribution in [0.5, 0.6) is 0 Å². The molecule has 53 heavy (non-hydrogen) atoms. The quantitative estimate of drug-likeness (QED) is 0.0696. The van der Waals surface area contributed by atoms with E-state index in [1.54, 1.807) is 37.4 Å². The standard InChI is InChI=1S/C38H46N4O10Si/c1-4-5-27(28-13-10-24-19-32-30(20-29(24)28)36(47)42-33(21-43)40-32)22-6-8-23(9-7-22)35(46)41-31(38(50)51)14-12-26(44)18-25(37(48)49)11-15-34(45)39-16-17-53(2,3)52/h1,6-9,19-20,25,27-28,31,43,52H,5,10-18,21H2,2-3H3,(H,39,45)(H,41,46)(H,48,49)(H,50,51)(H,40,42,47)/t25-,27?,28+,31-/m0/s1. The lowest BCUT2D eigenvalue weighted by Crippen LogP contribution is -2.41. The normalized spacial score (nSPS) is 15.5. The number of fused-ring (bicyclic) bond motifs is 2. The van der Waals surface area contributed by atoms with Crippen molar-refractivity contribution >= 4 is 48.8 Å². The number of aliphatic carboxylic acids is 2. The van der Waals surface area contributed by atoms with Crippen LogP contribution in [0.1, 0.15) is 89.7 Å². The number of carbonyl (C=O) groups excluding carboxylic acids is 3. The van der Waals surface area contributed by atoms with Crippen LogP contribution in [0.25, 0.3) is 10.9 Å². The average molecular weight is 747 g/mol. The van der Waals surface area contributed by atoms with Crippen molar-refractivity contribution in [1.29, 1.82) is 0 Å². The number of aliphatic hydroxyl groups is 1. The summed E-state index contributed by atoms with van der Waals surface area (Å²) in [6.07, 6.45) is 6.54. The molecule has 0 radical (unpaired) electrons. The zero-order valence-electron chi connectivity index (χ0n) is 29.8. The van der Waals surface area contributed by atoms with Gasteiger partial charge in [0.25, 0.3) is 11.5 Å². The fourth-order valence-electron chi connectivity index (χ4n) is 6.71. The number of hydrogen-bond acceptors (Lipinski definition) is 9. The predicted octanol–water partition coefficient (Wildman–Crippen LogP) is 2.97. The second-order valence-corrected chi connectivity index (χ2v) is 18.3. The number of aromatic nitrogens is 2. The van der Waals surface area contributed by atoms with E-state index >= 15 is 0 Å². The number of carboxylic acids is 2. The Morgan fingerprint density at radius 3 is 2.40 bits per heavy atom. The maximum Gasteiger partial charge on any atom is 0.326 e. The monoisotopic (exact) mass is 746 g/mol. The molecule has 3 aromatic rings. The van der Waals surface area contributed by atoms with Crippen molar-refractivity contribution in [1.82, 2.24) is 20.6 Å². The van der Waals surface area contributed by atoms with Crippen LogP contribution >= 0.6 is 0 Å². The summed E-state index contributed by atoms with van der Waals surface area (Å²) >= 11 is 0. The molecule has 14 nitrogen and oxygen atoms in total. The Bertz CT molecular complexity index is 1950. The Morgan fingerprint density at radius 2 is 1.77 bits per heavy atom. The molecule has 0 saturated heterocycles. The summed E-state index contributed by atoms with van der Waals surface area (Å²) in [4.78, 5) is 91.2. The van der Waals surface area contributed by atoms with E-state index in [4.69, 9.17) is 6.42 Å². The molecule has 0 aliphatic heterocycles. The van der Waals surface area contributed by atoms with Crippen molar-refractivity contribution in [2.24, 2.45) is 5.92 Å². The number of aromatic amines is 1. The molecule has 7 N–H and O–H groups in total. The number of nitrogens with one attached hydrogen (secondary N) is 3. The fourth-order valence-corrected chi connectivity index (χ4v) is 7.45. The lowest BCUT2D eigenvalue weighted by molar-refractivity contribution is -0.144. The summed E-state index contributed by atoms with van der Waals surface area (Å²) in [5.74, 6) is -2.52. The molecule has 1 aliphatic carbocycles. The Kier molecular flexibility index (Phi) is 13.8. The van der Waals surface area contributed by atoms with Crippen molar-refractivity contribution < 1.29 is 44.1 Å². The Morgan fingerprint density at radius 1 is 1.06 bits per heavy atom. The van der Waals surface area contributed by atoms with Crippen LogP contribution in [-0.2, 0) is 32.2 Å². The number of hydrogen-bond donors (Lipinski definition) is 7. The van der Waals surface area contributed by atoms with Crippen molar-refractivity contribution in [3.63, 3.8) is 0 Å². The van der Waals surface area contributed by atoms with Crippen LogP contribution in [0.15, 0.2) is 41.2 Å². The molecule has 1 aromatic heterocycles. The Hall–Kier alpha value is -5.17. The zero-order chi connectivity index (χ0) is 38.9. The van der Waals surface area contributed by atoms with Crippen molar-refractivity contribution in [3.05, 3.63) is 74.8 Å². The van der Waals surface area contributed by atoms with Gasteiger partial charge in [-0.1, -0.05) is 12.1 Å². The summed E-state index contributed by atoms with van der Waals surface area (Å²) < 4.78 is 0. The lowest BCUT2D eigenvalue weighted by Gasteiger charge is -2.24. The van der Waals surface area contributed by atoms with Gasteiger partial charge in [0.05, 0.1) is 16.8 Å². The van der Waals surface area contributed by atoms with Gasteiger partial charge in [-0.2, -0.15) is 0 Å². The third-order valence-electron chi connectivity index (χ3n) is 9.63. The van der Waals surface area contributed by atoms with Gasteiger partial charge in [0.1, 0.15) is 24.3 Å². The van der Waals surface area contributed by atoms with E-state index in [0.717, 1.165) is 29.5 Å². The highest BCUT2D eigenvalue weighted by Crippen LogP contribution is 2.45. The fraction of sp³-hybridized carbons (Fsp3) is 0.447. The van der Waals surface area contributed by atoms with E-state index < -0.39 is 43.9 Å². The zero-order valence-corrected chi connectivity index (χ0v) is 30.8. The van der Waals surface area contributed by atoms with Gasteiger partial charge in [-0.15, -0.1) is 12.3 Å². The topological polar surface area (TPSA) is 236 Å². The number of rotatable bonds is 19. The largest absolute Gasteiger partial charge is 0.481 e. The molecule has 4 rings (SSSR count). The van der Waals surface area contributed by atoms with Gasteiger partial charge >= 0.3 is 11.9 Å². The van der Waals surface area contributed by atoms with E-state index in [1.807, 2.05) is 12.1 Å². The first-order chi connectivity index (χ1) is 25.1. The first kappa shape index (κ1) is 40.6. The number of ketones is 1. The molecular weight excluding hydrogens is 701 g/mol. The first-order valence-electron chi connectivity index (χ1n) is 17.6. The smallest absolute Gasteiger partial charge is 0.326 e. The summed E-state index contributed by atoms with van der Waals surface area (Å²) in [7, 11) is -2.34. The van der Waals surface area contributed by atoms with Gasteiger partial charge in [0.2, 0.25) is 5.91 Å². The summed E-state index contributed by atoms with van der Waals surface area (Å²) in [5, 5.41) is 34.3.